The second kappa shape index (κ2) is 9.98. The first-order chi connectivity index (χ1) is 13.3. The fourth-order valence-corrected chi connectivity index (χ4v) is 3.01. The highest BCUT2D eigenvalue weighted by atomic mass is 16.4. The maximum atomic E-state index is 12.2. The fourth-order valence-electron chi connectivity index (χ4n) is 3.01. The van der Waals surface area contributed by atoms with Gasteiger partial charge in [0, 0.05) is 12.5 Å². The van der Waals surface area contributed by atoms with Crippen molar-refractivity contribution in [2.75, 3.05) is 0 Å². The molecule has 0 aliphatic heterocycles. The van der Waals surface area contributed by atoms with Gasteiger partial charge in [-0.05, 0) is 65.5 Å². The van der Waals surface area contributed by atoms with E-state index in [9.17, 15) is 15.0 Å². The molecule has 0 aliphatic rings. The predicted molar refractivity (Wildman–Crippen MR) is 115 cm³/mol. The molecule has 28 heavy (non-hydrogen) atoms. The lowest BCUT2D eigenvalue weighted by molar-refractivity contribution is 0.455. The van der Waals surface area contributed by atoms with Crippen LogP contribution in [0.15, 0.2) is 62.4 Å². The molecule has 2 aromatic rings. The molecule has 0 bridgehead atoms. The minimum atomic E-state index is -0.574. The van der Waals surface area contributed by atoms with Crippen molar-refractivity contribution >= 4 is 11.0 Å². The van der Waals surface area contributed by atoms with Gasteiger partial charge in [-0.25, -0.2) is 4.79 Å². The van der Waals surface area contributed by atoms with Crippen LogP contribution in [0.25, 0.3) is 11.0 Å². The van der Waals surface area contributed by atoms with Crippen molar-refractivity contribution < 1.29 is 14.6 Å². The molecule has 0 fully saturated rings. The van der Waals surface area contributed by atoms with E-state index in [1.54, 1.807) is 6.07 Å². The number of phenolic OH excluding ortho intramolecular Hbond substituents is 1. The van der Waals surface area contributed by atoms with Crippen LogP contribution in [0.4, 0.5) is 0 Å². The molecule has 0 radical (unpaired) electrons. The summed E-state index contributed by atoms with van der Waals surface area (Å²) in [6, 6.07) is 4.33. The number of aromatic hydroxyl groups is 2. The molecule has 4 heteroatoms. The molecule has 0 saturated carbocycles. The third-order valence-corrected chi connectivity index (χ3v) is 4.73. The Morgan fingerprint density at radius 1 is 0.964 bits per heavy atom. The van der Waals surface area contributed by atoms with Crippen LogP contribution in [0.3, 0.4) is 0 Å². The Labute approximate surface area is 166 Å². The van der Waals surface area contributed by atoms with Gasteiger partial charge < -0.3 is 14.6 Å². The van der Waals surface area contributed by atoms with Crippen molar-refractivity contribution in [2.24, 2.45) is 0 Å². The third kappa shape index (κ3) is 6.15. The minimum Gasteiger partial charge on any atom is -0.508 e. The first-order valence-electron chi connectivity index (χ1n) is 9.70. The number of hydrogen-bond donors (Lipinski definition) is 2. The summed E-state index contributed by atoms with van der Waals surface area (Å²) in [6.07, 6.45) is 10.8. The summed E-state index contributed by atoms with van der Waals surface area (Å²) in [4.78, 5) is 12.2. The van der Waals surface area contributed by atoms with Gasteiger partial charge in [0.15, 0.2) is 0 Å². The van der Waals surface area contributed by atoms with Gasteiger partial charge in [0.05, 0.1) is 10.9 Å². The standard InChI is InChI=1S/C24H30O4/c1-16(2)7-5-8-17(3)9-6-10-18(4)11-13-21-23(26)20-14-12-19(25)15-22(20)28-24(21)27/h7,9,11-12,14-15,25-26H,5-6,8,10,13H2,1-4H3. The summed E-state index contributed by atoms with van der Waals surface area (Å²) in [5, 5.41) is 20.3. The van der Waals surface area contributed by atoms with Gasteiger partial charge in [-0.1, -0.05) is 34.9 Å². The number of benzene rings is 1. The van der Waals surface area contributed by atoms with Gasteiger partial charge >= 0.3 is 5.63 Å². The van der Waals surface area contributed by atoms with Crippen LogP contribution in [-0.2, 0) is 6.42 Å². The summed E-state index contributed by atoms with van der Waals surface area (Å²) in [5.41, 5.74) is 3.76. The van der Waals surface area contributed by atoms with Gasteiger partial charge in [-0.15, -0.1) is 0 Å². The molecule has 0 aliphatic carbocycles. The number of hydrogen-bond acceptors (Lipinski definition) is 4. The quantitative estimate of drug-likeness (QED) is 0.423. The van der Waals surface area contributed by atoms with E-state index in [-0.39, 0.29) is 22.6 Å². The van der Waals surface area contributed by atoms with Crippen LogP contribution >= 0.6 is 0 Å². The zero-order valence-corrected chi connectivity index (χ0v) is 17.2. The topological polar surface area (TPSA) is 70.7 Å². The summed E-state index contributed by atoms with van der Waals surface area (Å²) in [5.74, 6) is -0.0898. The van der Waals surface area contributed by atoms with Crippen LogP contribution in [0, 0.1) is 0 Å². The smallest absolute Gasteiger partial charge is 0.343 e. The van der Waals surface area contributed by atoms with Crippen molar-refractivity contribution in [3.63, 3.8) is 0 Å². The van der Waals surface area contributed by atoms with Gasteiger partial charge in [0.2, 0.25) is 0 Å². The highest BCUT2D eigenvalue weighted by molar-refractivity contribution is 5.85. The third-order valence-electron chi connectivity index (χ3n) is 4.73. The fraction of sp³-hybridized carbons (Fsp3) is 0.375. The Balaban J connectivity index is 2.00. The minimum absolute atomic E-state index is 0.0114. The number of fused-ring (bicyclic) bond motifs is 1. The van der Waals surface area contributed by atoms with Gasteiger partial charge in [-0.3, -0.25) is 0 Å². The van der Waals surface area contributed by atoms with Crippen LogP contribution in [-0.4, -0.2) is 10.2 Å². The zero-order valence-electron chi connectivity index (χ0n) is 17.2. The summed E-state index contributed by atoms with van der Waals surface area (Å²) >= 11 is 0. The van der Waals surface area contributed by atoms with E-state index < -0.39 is 5.63 Å². The number of phenols is 1. The molecule has 0 unspecified atom stereocenters. The van der Waals surface area contributed by atoms with E-state index in [0.29, 0.717) is 11.8 Å². The van der Waals surface area contributed by atoms with Crippen LogP contribution in [0.5, 0.6) is 11.5 Å². The molecule has 0 atom stereocenters. The Hall–Kier alpha value is -2.75. The highest BCUT2D eigenvalue weighted by Gasteiger charge is 2.13. The van der Waals surface area contributed by atoms with Crippen molar-refractivity contribution in [1.29, 1.82) is 0 Å². The SMILES string of the molecule is CC(C)=CCCC(C)=CCCC(C)=CCc1c(O)c2ccc(O)cc2oc1=O. The normalized spacial score (nSPS) is 12.4. The van der Waals surface area contributed by atoms with Crippen LogP contribution < -0.4 is 5.63 Å². The first kappa shape index (κ1) is 21.5. The van der Waals surface area contributed by atoms with Gasteiger partial charge in [0.25, 0.3) is 0 Å². The Morgan fingerprint density at radius 3 is 2.29 bits per heavy atom. The monoisotopic (exact) mass is 382 g/mol. The van der Waals surface area contributed by atoms with E-state index >= 15 is 0 Å². The lowest BCUT2D eigenvalue weighted by atomic mass is 10.0. The average molecular weight is 383 g/mol. The van der Waals surface area contributed by atoms with Crippen LogP contribution in [0.2, 0.25) is 0 Å². The summed E-state index contributed by atoms with van der Waals surface area (Å²) in [7, 11) is 0. The molecule has 2 N–H and O–H groups in total. The first-order valence-corrected chi connectivity index (χ1v) is 9.70. The van der Waals surface area contributed by atoms with E-state index in [2.05, 4.69) is 32.9 Å². The van der Waals surface area contributed by atoms with Gasteiger partial charge in [-0.2, -0.15) is 0 Å². The molecule has 150 valence electrons. The van der Waals surface area contributed by atoms with Gasteiger partial charge in [0.1, 0.15) is 17.1 Å². The Bertz CT molecular complexity index is 970. The molecule has 0 saturated heterocycles. The van der Waals surface area contributed by atoms with Crippen molar-refractivity contribution in [1.82, 2.24) is 0 Å². The van der Waals surface area contributed by atoms with E-state index in [1.807, 2.05) is 13.0 Å². The Morgan fingerprint density at radius 2 is 1.61 bits per heavy atom. The second-order valence-electron chi connectivity index (χ2n) is 7.56. The second-order valence-corrected chi connectivity index (χ2v) is 7.56. The predicted octanol–water partition coefficient (Wildman–Crippen LogP) is 6.17. The van der Waals surface area contributed by atoms with E-state index in [1.165, 1.54) is 23.3 Å². The molecule has 1 heterocycles. The molecule has 4 nitrogen and oxygen atoms in total. The van der Waals surface area contributed by atoms with Crippen molar-refractivity contribution in [2.45, 2.75) is 59.8 Å². The summed E-state index contributed by atoms with van der Waals surface area (Å²) < 4.78 is 5.23. The average Bonchev–Trinajstić information content (AvgIpc) is 2.60. The number of rotatable bonds is 8. The van der Waals surface area contributed by atoms with E-state index in [4.69, 9.17) is 4.42 Å². The molecule has 2 rings (SSSR count). The van der Waals surface area contributed by atoms with E-state index in [0.717, 1.165) is 31.3 Å². The van der Waals surface area contributed by atoms with Crippen molar-refractivity contribution in [3.8, 4) is 11.5 Å². The maximum Gasteiger partial charge on any atom is 0.343 e. The summed E-state index contributed by atoms with van der Waals surface area (Å²) in [6.45, 7) is 8.42. The molecular weight excluding hydrogens is 352 g/mol. The Kier molecular flexibility index (Phi) is 7.68. The van der Waals surface area contributed by atoms with Crippen molar-refractivity contribution in [3.05, 3.63) is 69.1 Å². The molecule has 1 aromatic carbocycles. The molecule has 0 amide bonds. The largest absolute Gasteiger partial charge is 0.508 e. The molecule has 1 aromatic heterocycles. The molecular formula is C24H30O4. The maximum absolute atomic E-state index is 12.2. The van der Waals surface area contributed by atoms with Crippen LogP contribution in [0.1, 0.15) is 58.9 Å². The lowest BCUT2D eigenvalue weighted by Gasteiger charge is -2.06. The number of allylic oxidation sites excluding steroid dienone is 6. The highest BCUT2D eigenvalue weighted by Crippen LogP contribution is 2.29. The molecule has 0 spiro atoms. The lowest BCUT2D eigenvalue weighted by Crippen LogP contribution is -2.07. The zero-order chi connectivity index (χ0) is 20.7.